The molecule has 3 atom stereocenters. The second-order valence-electron chi connectivity index (χ2n) is 5.83. The third-order valence-corrected chi connectivity index (χ3v) is 4.63. The van der Waals surface area contributed by atoms with Gasteiger partial charge in [-0.2, -0.15) is 0 Å². The Kier molecular flexibility index (Phi) is 4.93. The monoisotopic (exact) mass is 296 g/mol. The Morgan fingerprint density at radius 2 is 2.10 bits per heavy atom. The van der Waals surface area contributed by atoms with Gasteiger partial charge in [0.1, 0.15) is 0 Å². The predicted octanol–water partition coefficient (Wildman–Crippen LogP) is 2.86. The van der Waals surface area contributed by atoms with Gasteiger partial charge < -0.3 is 10.6 Å². The van der Waals surface area contributed by atoms with E-state index in [4.69, 9.17) is 5.73 Å². The Labute approximate surface area is 124 Å². The number of amides is 1. The zero-order valence-corrected chi connectivity index (χ0v) is 12.5. The summed E-state index contributed by atoms with van der Waals surface area (Å²) in [6.07, 6.45) is 2.86. The highest BCUT2D eigenvalue weighted by atomic mass is 19.2. The number of halogens is 2. The molecule has 1 saturated carbocycles. The van der Waals surface area contributed by atoms with Crippen LogP contribution < -0.4 is 5.73 Å². The normalized spacial score (nSPS) is 23.1. The molecule has 0 aromatic heterocycles. The zero-order valence-electron chi connectivity index (χ0n) is 12.5. The Bertz CT molecular complexity index is 521. The first-order valence-corrected chi connectivity index (χ1v) is 7.37. The molecule has 1 aliphatic carbocycles. The van der Waals surface area contributed by atoms with Crippen LogP contribution in [0.1, 0.15) is 37.8 Å². The van der Waals surface area contributed by atoms with Crippen LogP contribution in [-0.2, 0) is 4.79 Å². The Morgan fingerprint density at radius 3 is 2.71 bits per heavy atom. The lowest BCUT2D eigenvalue weighted by atomic mass is 9.94. The highest BCUT2D eigenvalue weighted by Gasteiger charge is 2.35. The molecule has 1 aliphatic rings. The summed E-state index contributed by atoms with van der Waals surface area (Å²) in [6.45, 7) is 2.33. The maximum absolute atomic E-state index is 13.3. The van der Waals surface area contributed by atoms with Crippen LogP contribution in [0.15, 0.2) is 18.2 Å². The van der Waals surface area contributed by atoms with Crippen LogP contribution in [0.4, 0.5) is 8.78 Å². The number of carbonyl (C=O) groups is 1. The molecule has 0 spiro atoms. The average Bonchev–Trinajstić information content (AvgIpc) is 2.96. The number of carbonyl (C=O) groups excluding carboxylic acids is 1. The molecule has 3 unspecified atom stereocenters. The molecular formula is C16H22F2N2O. The van der Waals surface area contributed by atoms with Crippen molar-refractivity contribution in [2.24, 2.45) is 17.6 Å². The topological polar surface area (TPSA) is 46.3 Å². The summed E-state index contributed by atoms with van der Waals surface area (Å²) in [4.78, 5) is 14.2. The molecular weight excluding hydrogens is 274 g/mol. The average molecular weight is 296 g/mol. The van der Waals surface area contributed by atoms with Gasteiger partial charge in [0, 0.05) is 13.0 Å². The van der Waals surface area contributed by atoms with Crippen LogP contribution in [0, 0.1) is 23.5 Å². The first-order valence-electron chi connectivity index (χ1n) is 7.37. The van der Waals surface area contributed by atoms with E-state index in [1.165, 1.54) is 6.07 Å². The highest BCUT2D eigenvalue weighted by molar-refractivity contribution is 5.79. The summed E-state index contributed by atoms with van der Waals surface area (Å²) >= 11 is 0. The predicted molar refractivity (Wildman–Crippen MR) is 77.4 cm³/mol. The molecule has 0 heterocycles. The minimum absolute atomic E-state index is 0.0418. The number of benzene rings is 1. The fourth-order valence-electron chi connectivity index (χ4n) is 3.09. The first kappa shape index (κ1) is 15.9. The summed E-state index contributed by atoms with van der Waals surface area (Å²) < 4.78 is 26.3. The number of nitrogens with two attached hydrogens (primary N) is 1. The van der Waals surface area contributed by atoms with Gasteiger partial charge in [0.2, 0.25) is 5.91 Å². The van der Waals surface area contributed by atoms with Gasteiger partial charge >= 0.3 is 0 Å². The second-order valence-corrected chi connectivity index (χ2v) is 5.83. The zero-order chi connectivity index (χ0) is 15.6. The van der Waals surface area contributed by atoms with Crippen molar-refractivity contribution in [3.8, 4) is 0 Å². The van der Waals surface area contributed by atoms with Crippen molar-refractivity contribution in [1.82, 2.24) is 4.90 Å². The quantitative estimate of drug-likeness (QED) is 0.928. The third-order valence-electron chi connectivity index (χ3n) is 4.63. The van der Waals surface area contributed by atoms with E-state index >= 15 is 0 Å². The second kappa shape index (κ2) is 6.52. The van der Waals surface area contributed by atoms with Crippen molar-refractivity contribution in [3.63, 3.8) is 0 Å². The van der Waals surface area contributed by atoms with Gasteiger partial charge in [-0.3, -0.25) is 4.79 Å². The Hall–Kier alpha value is -1.49. The van der Waals surface area contributed by atoms with Crippen molar-refractivity contribution in [1.29, 1.82) is 0 Å². The van der Waals surface area contributed by atoms with Gasteiger partial charge in [0.25, 0.3) is 0 Å². The molecule has 0 radical (unpaired) electrons. The Morgan fingerprint density at radius 1 is 1.38 bits per heavy atom. The number of nitrogens with zero attached hydrogens (tertiary/aromatic N) is 1. The van der Waals surface area contributed by atoms with Gasteiger partial charge in [-0.05, 0) is 49.9 Å². The fourth-order valence-corrected chi connectivity index (χ4v) is 3.09. The molecule has 5 heteroatoms. The van der Waals surface area contributed by atoms with E-state index < -0.39 is 11.6 Å². The van der Waals surface area contributed by atoms with Gasteiger partial charge in [-0.25, -0.2) is 8.78 Å². The molecule has 1 aromatic rings. The van der Waals surface area contributed by atoms with Crippen LogP contribution in [0.5, 0.6) is 0 Å². The molecule has 0 aliphatic heterocycles. The molecule has 2 rings (SSSR count). The first-order chi connectivity index (χ1) is 9.95. The molecule has 21 heavy (non-hydrogen) atoms. The van der Waals surface area contributed by atoms with Crippen LogP contribution >= 0.6 is 0 Å². The van der Waals surface area contributed by atoms with Gasteiger partial charge in [0.15, 0.2) is 11.6 Å². The lowest BCUT2D eigenvalue weighted by Crippen LogP contribution is -2.38. The fraction of sp³-hybridized carbons (Fsp3) is 0.562. The molecule has 2 N–H and O–H groups in total. The standard InChI is InChI=1S/C16H22F2N2O/c1-10(11-6-7-14(17)15(18)8-11)20(2)16(21)13-5-3-4-12(13)9-19/h6-8,10,12-13H,3-5,9,19H2,1-2H3. The van der Waals surface area contributed by atoms with E-state index in [2.05, 4.69) is 0 Å². The summed E-state index contributed by atoms with van der Waals surface area (Å²) in [5.41, 5.74) is 6.31. The van der Waals surface area contributed by atoms with Crippen molar-refractivity contribution in [2.45, 2.75) is 32.2 Å². The summed E-state index contributed by atoms with van der Waals surface area (Å²) in [5.74, 6) is -1.54. The van der Waals surface area contributed by atoms with Gasteiger partial charge in [-0.15, -0.1) is 0 Å². The number of rotatable bonds is 4. The third kappa shape index (κ3) is 3.23. The lowest BCUT2D eigenvalue weighted by molar-refractivity contribution is -0.137. The minimum atomic E-state index is -0.888. The molecule has 3 nitrogen and oxygen atoms in total. The molecule has 1 amide bonds. The summed E-state index contributed by atoms with van der Waals surface area (Å²) in [7, 11) is 1.71. The van der Waals surface area contributed by atoms with E-state index in [-0.39, 0.29) is 23.8 Å². The smallest absolute Gasteiger partial charge is 0.226 e. The Balaban J connectivity index is 2.12. The molecule has 116 valence electrons. The van der Waals surface area contributed by atoms with E-state index in [9.17, 15) is 13.6 Å². The minimum Gasteiger partial charge on any atom is -0.339 e. The number of hydrogen-bond donors (Lipinski definition) is 1. The maximum atomic E-state index is 13.3. The molecule has 0 saturated heterocycles. The summed E-state index contributed by atoms with van der Waals surface area (Å²) in [5, 5.41) is 0. The SMILES string of the molecule is CC(c1ccc(F)c(F)c1)N(C)C(=O)C1CCCC1CN. The van der Waals surface area contributed by atoms with Crippen LogP contribution in [0.3, 0.4) is 0 Å². The van der Waals surface area contributed by atoms with Crippen LogP contribution in [0.2, 0.25) is 0 Å². The van der Waals surface area contributed by atoms with E-state index in [0.717, 1.165) is 31.4 Å². The molecule has 1 fully saturated rings. The highest BCUT2D eigenvalue weighted by Crippen LogP contribution is 2.34. The summed E-state index contributed by atoms with van der Waals surface area (Å²) in [6, 6.07) is 3.46. The van der Waals surface area contributed by atoms with Crippen LogP contribution in [-0.4, -0.2) is 24.4 Å². The lowest BCUT2D eigenvalue weighted by Gasteiger charge is -2.30. The maximum Gasteiger partial charge on any atom is 0.226 e. The van der Waals surface area contributed by atoms with E-state index in [1.807, 2.05) is 6.92 Å². The van der Waals surface area contributed by atoms with Crippen molar-refractivity contribution in [2.75, 3.05) is 13.6 Å². The largest absolute Gasteiger partial charge is 0.339 e. The molecule has 0 bridgehead atoms. The van der Waals surface area contributed by atoms with Gasteiger partial charge in [0.05, 0.1) is 6.04 Å². The van der Waals surface area contributed by atoms with Crippen molar-refractivity contribution in [3.05, 3.63) is 35.4 Å². The number of hydrogen-bond acceptors (Lipinski definition) is 2. The van der Waals surface area contributed by atoms with Crippen LogP contribution in [0.25, 0.3) is 0 Å². The van der Waals surface area contributed by atoms with E-state index in [1.54, 1.807) is 11.9 Å². The van der Waals surface area contributed by atoms with E-state index in [0.29, 0.717) is 12.1 Å². The van der Waals surface area contributed by atoms with Gasteiger partial charge in [-0.1, -0.05) is 12.5 Å². The van der Waals surface area contributed by atoms with Crippen molar-refractivity contribution < 1.29 is 13.6 Å². The van der Waals surface area contributed by atoms with Crippen molar-refractivity contribution >= 4 is 5.91 Å². The molecule has 1 aromatic carbocycles.